The number of carbonyl (C=O) groups is 1. The summed E-state index contributed by atoms with van der Waals surface area (Å²) in [6.07, 6.45) is 0.972. The fraction of sp³-hybridized carbons (Fsp3) is 0.300. The minimum absolute atomic E-state index is 0.0718. The van der Waals surface area contributed by atoms with Crippen LogP contribution >= 0.6 is 0 Å². The molecule has 0 fully saturated rings. The van der Waals surface area contributed by atoms with E-state index >= 15 is 0 Å². The molecule has 0 aliphatic heterocycles. The molecule has 0 aromatic heterocycles. The molecular formula is C10H12O5S. The SMILES string of the molecule is CC(C(=O)O)c1c(O)cccc1S(C)(=O)=O. The van der Waals surface area contributed by atoms with Crippen LogP contribution in [0.1, 0.15) is 18.4 Å². The molecule has 0 spiro atoms. The first-order valence-corrected chi connectivity index (χ1v) is 6.39. The summed E-state index contributed by atoms with van der Waals surface area (Å²) in [5.74, 6) is -2.59. The zero-order valence-electron chi connectivity index (χ0n) is 8.84. The molecule has 1 aromatic rings. The van der Waals surface area contributed by atoms with E-state index in [2.05, 4.69) is 0 Å². The Morgan fingerprint density at radius 1 is 1.38 bits per heavy atom. The zero-order valence-corrected chi connectivity index (χ0v) is 9.65. The highest BCUT2D eigenvalue weighted by Gasteiger charge is 2.25. The summed E-state index contributed by atoms with van der Waals surface area (Å²) >= 11 is 0. The number of sulfone groups is 1. The van der Waals surface area contributed by atoms with Crippen LogP contribution in [0.5, 0.6) is 5.75 Å². The van der Waals surface area contributed by atoms with E-state index in [1.807, 2.05) is 0 Å². The van der Waals surface area contributed by atoms with Gasteiger partial charge in [-0.15, -0.1) is 0 Å². The number of aliphatic carboxylic acids is 1. The number of benzene rings is 1. The molecule has 0 saturated heterocycles. The summed E-state index contributed by atoms with van der Waals surface area (Å²) in [6, 6.07) is 3.91. The van der Waals surface area contributed by atoms with Crippen molar-refractivity contribution in [1.82, 2.24) is 0 Å². The van der Waals surface area contributed by atoms with Gasteiger partial charge in [0, 0.05) is 11.8 Å². The standard InChI is InChI=1S/C10H12O5S/c1-6(10(12)13)9-7(11)4-3-5-8(9)16(2,14)15/h3-6,11H,1-2H3,(H,12,13). The number of phenols is 1. The van der Waals surface area contributed by atoms with Crippen LogP contribution in [0.15, 0.2) is 23.1 Å². The average Bonchev–Trinajstić information content (AvgIpc) is 2.14. The molecule has 1 aromatic carbocycles. The Balaban J connectivity index is 3.53. The third-order valence-corrected chi connectivity index (χ3v) is 3.40. The van der Waals surface area contributed by atoms with Crippen molar-refractivity contribution in [2.45, 2.75) is 17.7 Å². The lowest BCUT2D eigenvalue weighted by atomic mass is 10.0. The fourth-order valence-corrected chi connectivity index (χ4v) is 2.42. The smallest absolute Gasteiger partial charge is 0.310 e. The Kier molecular flexibility index (Phi) is 3.23. The van der Waals surface area contributed by atoms with Gasteiger partial charge in [0.2, 0.25) is 0 Å². The van der Waals surface area contributed by atoms with Gasteiger partial charge in [0.1, 0.15) is 5.75 Å². The number of hydrogen-bond acceptors (Lipinski definition) is 4. The van der Waals surface area contributed by atoms with Crippen molar-refractivity contribution in [3.63, 3.8) is 0 Å². The molecule has 0 amide bonds. The monoisotopic (exact) mass is 244 g/mol. The van der Waals surface area contributed by atoms with Gasteiger partial charge in [-0.3, -0.25) is 4.79 Å². The zero-order chi connectivity index (χ0) is 12.5. The predicted octanol–water partition coefficient (Wildman–Crippen LogP) is 0.984. The van der Waals surface area contributed by atoms with Crippen LogP contribution < -0.4 is 0 Å². The molecule has 0 bridgehead atoms. The van der Waals surface area contributed by atoms with Gasteiger partial charge in [0.05, 0.1) is 10.8 Å². The number of aromatic hydroxyl groups is 1. The van der Waals surface area contributed by atoms with E-state index in [4.69, 9.17) is 5.11 Å². The number of carboxylic acids is 1. The Morgan fingerprint density at radius 2 is 1.94 bits per heavy atom. The molecule has 0 aliphatic rings. The maximum atomic E-state index is 11.4. The molecule has 0 aliphatic carbocycles. The van der Waals surface area contributed by atoms with Crippen molar-refractivity contribution in [2.24, 2.45) is 0 Å². The van der Waals surface area contributed by atoms with Crippen LogP contribution in [0.4, 0.5) is 0 Å². The van der Waals surface area contributed by atoms with Crippen LogP contribution in [0.3, 0.4) is 0 Å². The second-order valence-electron chi connectivity index (χ2n) is 3.52. The van der Waals surface area contributed by atoms with Crippen molar-refractivity contribution >= 4 is 15.8 Å². The number of hydrogen-bond donors (Lipinski definition) is 2. The van der Waals surface area contributed by atoms with E-state index in [1.54, 1.807) is 0 Å². The van der Waals surface area contributed by atoms with E-state index in [0.29, 0.717) is 0 Å². The Morgan fingerprint density at radius 3 is 2.38 bits per heavy atom. The predicted molar refractivity (Wildman–Crippen MR) is 57.3 cm³/mol. The maximum Gasteiger partial charge on any atom is 0.310 e. The Hall–Kier alpha value is -1.56. The van der Waals surface area contributed by atoms with Gasteiger partial charge in [0.25, 0.3) is 0 Å². The highest BCUT2D eigenvalue weighted by atomic mass is 32.2. The maximum absolute atomic E-state index is 11.4. The quantitative estimate of drug-likeness (QED) is 0.827. The lowest BCUT2D eigenvalue weighted by molar-refractivity contribution is -0.138. The van der Waals surface area contributed by atoms with Crippen molar-refractivity contribution in [3.8, 4) is 5.75 Å². The third kappa shape index (κ3) is 2.33. The van der Waals surface area contributed by atoms with Crippen LogP contribution in [0.25, 0.3) is 0 Å². The van der Waals surface area contributed by atoms with Crippen LogP contribution in [0.2, 0.25) is 0 Å². The molecular weight excluding hydrogens is 232 g/mol. The number of phenolic OH excluding ortho intramolecular Hbond substituents is 1. The summed E-state index contributed by atoms with van der Waals surface area (Å²) in [4.78, 5) is 10.7. The van der Waals surface area contributed by atoms with Gasteiger partial charge in [-0.1, -0.05) is 6.07 Å². The lowest BCUT2D eigenvalue weighted by Crippen LogP contribution is -2.12. The van der Waals surface area contributed by atoms with Gasteiger partial charge in [-0.05, 0) is 19.1 Å². The molecule has 0 radical (unpaired) electrons. The Labute approximate surface area is 93.3 Å². The fourth-order valence-electron chi connectivity index (χ4n) is 1.41. The van der Waals surface area contributed by atoms with E-state index in [-0.39, 0.29) is 16.2 Å². The first-order valence-electron chi connectivity index (χ1n) is 4.50. The van der Waals surface area contributed by atoms with Gasteiger partial charge < -0.3 is 10.2 Å². The average molecular weight is 244 g/mol. The summed E-state index contributed by atoms with van der Waals surface area (Å²) in [5, 5.41) is 18.4. The van der Waals surface area contributed by atoms with E-state index in [9.17, 15) is 18.3 Å². The van der Waals surface area contributed by atoms with Crippen LogP contribution in [0, 0.1) is 0 Å². The first kappa shape index (κ1) is 12.5. The molecule has 1 atom stereocenters. The topological polar surface area (TPSA) is 91.7 Å². The normalized spacial score (nSPS) is 13.4. The highest BCUT2D eigenvalue weighted by molar-refractivity contribution is 7.90. The van der Waals surface area contributed by atoms with Gasteiger partial charge in [-0.25, -0.2) is 8.42 Å². The van der Waals surface area contributed by atoms with E-state index < -0.39 is 21.7 Å². The van der Waals surface area contributed by atoms with Gasteiger partial charge in [-0.2, -0.15) is 0 Å². The highest BCUT2D eigenvalue weighted by Crippen LogP contribution is 2.32. The molecule has 16 heavy (non-hydrogen) atoms. The molecule has 6 heteroatoms. The summed E-state index contributed by atoms with van der Waals surface area (Å²) in [5.41, 5.74) is -0.0718. The second kappa shape index (κ2) is 4.13. The lowest BCUT2D eigenvalue weighted by Gasteiger charge is -2.13. The molecule has 0 heterocycles. The van der Waals surface area contributed by atoms with Crippen LogP contribution in [-0.2, 0) is 14.6 Å². The van der Waals surface area contributed by atoms with Crippen LogP contribution in [-0.4, -0.2) is 30.9 Å². The minimum Gasteiger partial charge on any atom is -0.508 e. The molecule has 1 unspecified atom stereocenters. The van der Waals surface area contributed by atoms with E-state index in [0.717, 1.165) is 6.26 Å². The van der Waals surface area contributed by atoms with E-state index in [1.165, 1.54) is 25.1 Å². The molecule has 88 valence electrons. The summed E-state index contributed by atoms with van der Waals surface area (Å²) < 4.78 is 22.9. The number of rotatable bonds is 3. The van der Waals surface area contributed by atoms with Crippen molar-refractivity contribution < 1.29 is 23.4 Å². The first-order chi connectivity index (χ1) is 7.25. The summed E-state index contributed by atoms with van der Waals surface area (Å²) in [7, 11) is -3.56. The largest absolute Gasteiger partial charge is 0.508 e. The summed E-state index contributed by atoms with van der Waals surface area (Å²) in [6.45, 7) is 1.33. The molecule has 2 N–H and O–H groups in total. The minimum atomic E-state index is -3.56. The second-order valence-corrected chi connectivity index (χ2v) is 5.51. The third-order valence-electron chi connectivity index (χ3n) is 2.25. The van der Waals surface area contributed by atoms with Gasteiger partial charge >= 0.3 is 5.97 Å². The van der Waals surface area contributed by atoms with Crippen molar-refractivity contribution in [2.75, 3.05) is 6.26 Å². The Bertz CT molecular complexity index is 518. The van der Waals surface area contributed by atoms with Crippen molar-refractivity contribution in [3.05, 3.63) is 23.8 Å². The molecule has 0 saturated carbocycles. The number of carboxylic acid groups (broad SMARTS) is 1. The van der Waals surface area contributed by atoms with Crippen molar-refractivity contribution in [1.29, 1.82) is 0 Å². The van der Waals surface area contributed by atoms with Gasteiger partial charge in [0.15, 0.2) is 9.84 Å². The molecule has 5 nitrogen and oxygen atoms in total. The molecule has 1 rings (SSSR count).